The van der Waals surface area contributed by atoms with Crippen LogP contribution in [0.3, 0.4) is 0 Å². The Morgan fingerprint density at radius 3 is 1.81 bits per heavy atom. The summed E-state index contributed by atoms with van der Waals surface area (Å²) in [7, 11) is -14.6. The van der Waals surface area contributed by atoms with E-state index in [1.54, 1.807) is 0 Å². The summed E-state index contributed by atoms with van der Waals surface area (Å²) in [4.78, 5) is -2.01. The highest BCUT2D eigenvalue weighted by atomic mass is 32.2. The SMILES string of the molecule is C=CCc1cc2c(S(=O)(=O)O)ccc3ccc4c(S(=O)(=O)O)cc(S(=O)(=O)O)c1c4c32. The van der Waals surface area contributed by atoms with Crippen molar-refractivity contribution in [1.29, 1.82) is 0 Å². The van der Waals surface area contributed by atoms with Crippen LogP contribution in [0, 0.1) is 0 Å². The molecule has 31 heavy (non-hydrogen) atoms. The Bertz CT molecular complexity index is 1730. The first kappa shape index (κ1) is 21.6. The maximum atomic E-state index is 12.2. The van der Waals surface area contributed by atoms with Gasteiger partial charge in [-0.1, -0.05) is 24.3 Å². The van der Waals surface area contributed by atoms with E-state index in [0.29, 0.717) is 11.5 Å². The summed E-state index contributed by atoms with van der Waals surface area (Å²) in [5, 5.41) is 0.449. The maximum Gasteiger partial charge on any atom is 0.295 e. The molecule has 0 aromatic heterocycles. The first-order valence-corrected chi connectivity index (χ1v) is 12.9. The van der Waals surface area contributed by atoms with Crippen molar-refractivity contribution in [3.8, 4) is 0 Å². The lowest BCUT2D eigenvalue weighted by molar-refractivity contribution is 0.480. The van der Waals surface area contributed by atoms with Crippen molar-refractivity contribution in [2.75, 3.05) is 0 Å². The molecule has 0 fully saturated rings. The van der Waals surface area contributed by atoms with Crippen molar-refractivity contribution in [2.24, 2.45) is 0 Å². The highest BCUT2D eigenvalue weighted by molar-refractivity contribution is 7.87. The Labute approximate surface area is 177 Å². The molecule has 0 spiro atoms. The molecule has 4 rings (SSSR count). The minimum atomic E-state index is -4.97. The van der Waals surface area contributed by atoms with Gasteiger partial charge in [0, 0.05) is 21.5 Å². The van der Waals surface area contributed by atoms with Crippen molar-refractivity contribution in [3.63, 3.8) is 0 Å². The van der Waals surface area contributed by atoms with Gasteiger partial charge in [-0.3, -0.25) is 13.7 Å². The Morgan fingerprint density at radius 2 is 1.26 bits per heavy atom. The van der Waals surface area contributed by atoms with E-state index < -0.39 is 45.0 Å². The van der Waals surface area contributed by atoms with Gasteiger partial charge in [-0.25, -0.2) is 0 Å². The minimum Gasteiger partial charge on any atom is -0.282 e. The van der Waals surface area contributed by atoms with Gasteiger partial charge in [0.25, 0.3) is 30.4 Å². The molecule has 0 saturated heterocycles. The summed E-state index contributed by atoms with van der Waals surface area (Å²) in [6.45, 7) is 3.59. The summed E-state index contributed by atoms with van der Waals surface area (Å²) in [6.07, 6.45) is 1.43. The van der Waals surface area contributed by atoms with Gasteiger partial charge in [0.05, 0.1) is 0 Å². The van der Waals surface area contributed by atoms with Gasteiger partial charge < -0.3 is 0 Å². The summed E-state index contributed by atoms with van der Waals surface area (Å²) in [5.74, 6) is 0. The summed E-state index contributed by atoms with van der Waals surface area (Å²) in [5.41, 5.74) is 0.214. The van der Waals surface area contributed by atoms with E-state index in [9.17, 15) is 38.9 Å². The Kier molecular flexibility index (Phi) is 4.67. The first-order chi connectivity index (χ1) is 14.2. The second-order valence-electron chi connectivity index (χ2n) is 6.90. The second-order valence-corrected chi connectivity index (χ2v) is 11.1. The minimum absolute atomic E-state index is 0.0000926. The number of hydrogen-bond acceptors (Lipinski definition) is 6. The summed E-state index contributed by atoms with van der Waals surface area (Å²) < 4.78 is 102. The predicted octanol–water partition coefficient (Wildman–Crippen LogP) is 3.05. The molecule has 0 saturated carbocycles. The molecule has 0 aliphatic rings. The Balaban J connectivity index is 2.50. The molecule has 9 nitrogen and oxygen atoms in total. The smallest absolute Gasteiger partial charge is 0.282 e. The normalized spacial score (nSPS) is 13.4. The lowest BCUT2D eigenvalue weighted by Gasteiger charge is -2.19. The molecule has 0 heterocycles. The molecule has 12 heteroatoms. The quantitative estimate of drug-likeness (QED) is 0.220. The highest BCUT2D eigenvalue weighted by Crippen LogP contribution is 2.44. The van der Waals surface area contributed by atoms with E-state index in [1.165, 1.54) is 36.4 Å². The average molecular weight is 483 g/mol. The van der Waals surface area contributed by atoms with Crippen molar-refractivity contribution >= 4 is 62.7 Å². The molecule has 0 radical (unpaired) electrons. The monoisotopic (exact) mass is 482 g/mol. The molecule has 0 atom stereocenters. The zero-order valence-corrected chi connectivity index (χ0v) is 17.9. The Hall–Kier alpha value is -2.61. The lowest BCUT2D eigenvalue weighted by atomic mass is 9.90. The van der Waals surface area contributed by atoms with E-state index in [2.05, 4.69) is 6.58 Å². The molecular weight excluding hydrogens is 468 g/mol. The van der Waals surface area contributed by atoms with Gasteiger partial charge >= 0.3 is 0 Å². The maximum absolute atomic E-state index is 12.2. The fourth-order valence-electron chi connectivity index (χ4n) is 3.95. The third-order valence-electron chi connectivity index (χ3n) is 5.05. The van der Waals surface area contributed by atoms with Crippen molar-refractivity contribution in [3.05, 3.63) is 54.6 Å². The van der Waals surface area contributed by atoms with Crippen molar-refractivity contribution in [2.45, 2.75) is 21.1 Å². The molecule has 4 aromatic rings. The van der Waals surface area contributed by atoms with Crippen LogP contribution in [0.1, 0.15) is 5.56 Å². The fourth-order valence-corrected chi connectivity index (χ4v) is 6.18. The van der Waals surface area contributed by atoms with E-state index in [0.717, 1.165) is 0 Å². The second kappa shape index (κ2) is 6.69. The molecule has 162 valence electrons. The van der Waals surface area contributed by atoms with Crippen LogP contribution in [-0.4, -0.2) is 38.9 Å². The Morgan fingerprint density at radius 1 is 0.677 bits per heavy atom. The van der Waals surface area contributed by atoms with E-state index in [1.807, 2.05) is 0 Å². The van der Waals surface area contributed by atoms with Gasteiger partial charge in [-0.15, -0.1) is 6.58 Å². The van der Waals surface area contributed by atoms with Gasteiger partial charge in [-0.2, -0.15) is 25.3 Å². The van der Waals surface area contributed by atoms with Crippen LogP contribution in [0.25, 0.3) is 32.3 Å². The topological polar surface area (TPSA) is 163 Å². The predicted molar refractivity (Wildman–Crippen MR) is 113 cm³/mol. The van der Waals surface area contributed by atoms with Gasteiger partial charge in [0.2, 0.25) is 0 Å². The number of hydrogen-bond donors (Lipinski definition) is 3. The van der Waals surface area contributed by atoms with Crippen LogP contribution in [0.2, 0.25) is 0 Å². The fraction of sp³-hybridized carbons (Fsp3) is 0.0526. The van der Waals surface area contributed by atoms with Crippen molar-refractivity contribution < 1.29 is 38.9 Å². The molecular formula is C19H14O9S3. The molecule has 0 aliphatic carbocycles. The lowest BCUT2D eigenvalue weighted by Crippen LogP contribution is -2.08. The van der Waals surface area contributed by atoms with E-state index in [-0.39, 0.29) is 38.9 Å². The molecule has 0 amide bonds. The van der Waals surface area contributed by atoms with Crippen LogP contribution in [0.4, 0.5) is 0 Å². The van der Waals surface area contributed by atoms with Crippen LogP contribution in [-0.2, 0) is 36.8 Å². The van der Waals surface area contributed by atoms with E-state index in [4.69, 9.17) is 0 Å². The zero-order valence-electron chi connectivity index (χ0n) is 15.5. The molecule has 0 aliphatic heterocycles. The first-order valence-electron chi connectivity index (χ1n) is 8.56. The van der Waals surface area contributed by atoms with Crippen LogP contribution < -0.4 is 0 Å². The third kappa shape index (κ3) is 3.37. The van der Waals surface area contributed by atoms with Gasteiger partial charge in [0.15, 0.2) is 0 Å². The standard InChI is InChI=1S/C19H14O9S3/c1-2-3-11-8-13-14(29(20,21)22)7-5-10-4-6-12-15(30(23,24)25)9-16(31(26,27)28)18(11)19(12)17(10)13/h2,4-9H,1,3H2,(H,20,21,22)(H,23,24,25)(H,26,27,28). The number of rotatable bonds is 5. The van der Waals surface area contributed by atoms with E-state index >= 15 is 0 Å². The summed E-state index contributed by atoms with van der Waals surface area (Å²) >= 11 is 0. The summed E-state index contributed by atoms with van der Waals surface area (Å²) in [6, 6.07) is 7.34. The molecule has 4 aromatic carbocycles. The zero-order chi connectivity index (χ0) is 22.9. The van der Waals surface area contributed by atoms with Crippen molar-refractivity contribution in [1.82, 2.24) is 0 Å². The van der Waals surface area contributed by atoms with Crippen LogP contribution in [0.5, 0.6) is 0 Å². The largest absolute Gasteiger partial charge is 0.295 e. The van der Waals surface area contributed by atoms with Crippen LogP contribution in [0.15, 0.2) is 63.7 Å². The molecule has 0 bridgehead atoms. The number of benzene rings is 4. The van der Waals surface area contributed by atoms with Crippen LogP contribution >= 0.6 is 0 Å². The molecule has 3 N–H and O–H groups in total. The molecule has 0 unspecified atom stereocenters. The van der Waals surface area contributed by atoms with Gasteiger partial charge in [-0.05, 0) is 41.0 Å². The van der Waals surface area contributed by atoms with Gasteiger partial charge in [0.1, 0.15) is 14.7 Å². The number of allylic oxidation sites excluding steroid dienone is 1. The average Bonchev–Trinajstić information content (AvgIpc) is 2.63. The third-order valence-corrected chi connectivity index (χ3v) is 7.73. The highest BCUT2D eigenvalue weighted by Gasteiger charge is 2.28.